The molecule has 2 saturated heterocycles. The molecule has 2 aliphatic heterocycles. The highest BCUT2D eigenvalue weighted by atomic mass is 16.7. The molecule has 3 rings (SSSR count). The monoisotopic (exact) mass is 552 g/mol. The molecule has 16 nitrogen and oxygen atoms in total. The normalized spacial score (nSPS) is 44.9. The third kappa shape index (κ3) is 7.15. The molecule has 3 aliphatic rings. The van der Waals surface area contributed by atoms with Crippen LogP contribution in [0.4, 0.5) is 0 Å². The molecule has 2 heterocycles. The maximum atomic E-state index is 12.6. The number of carbonyl (C=O) groups excluding carboxylic acids is 1. The zero-order valence-electron chi connectivity index (χ0n) is 21.2. The van der Waals surface area contributed by atoms with Gasteiger partial charge in [0.1, 0.15) is 42.7 Å². The fraction of sp³-hybridized carbons (Fsp3) is 0.955. The van der Waals surface area contributed by atoms with E-state index in [0.29, 0.717) is 12.8 Å². The van der Waals surface area contributed by atoms with Crippen LogP contribution in [0, 0.1) is 0 Å². The number of carbonyl (C=O) groups is 1. The van der Waals surface area contributed by atoms with Gasteiger partial charge in [0, 0.05) is 12.6 Å². The van der Waals surface area contributed by atoms with Gasteiger partial charge in [-0.3, -0.25) is 4.79 Å². The molecular formula is C22H44N6O10. The smallest absolute Gasteiger partial charge is 0.249 e. The van der Waals surface area contributed by atoms with Gasteiger partial charge in [0.25, 0.3) is 0 Å². The Balaban J connectivity index is 1.82. The van der Waals surface area contributed by atoms with Gasteiger partial charge in [0.05, 0.1) is 30.8 Å². The summed E-state index contributed by atoms with van der Waals surface area (Å²) in [5.41, 5.74) is 29.6. The molecular weight excluding hydrogens is 508 g/mol. The van der Waals surface area contributed by atoms with Crippen LogP contribution in [0.2, 0.25) is 0 Å². The Labute approximate surface area is 220 Å². The number of hydrogen-bond donors (Lipinski definition) is 11. The van der Waals surface area contributed by atoms with Crippen molar-refractivity contribution in [2.24, 2.45) is 28.7 Å². The van der Waals surface area contributed by atoms with E-state index in [4.69, 9.17) is 47.6 Å². The van der Waals surface area contributed by atoms with Gasteiger partial charge in [-0.1, -0.05) is 0 Å². The van der Waals surface area contributed by atoms with Crippen molar-refractivity contribution in [3.05, 3.63) is 0 Å². The average molecular weight is 553 g/mol. The van der Waals surface area contributed by atoms with Crippen LogP contribution in [-0.2, 0) is 23.7 Å². The van der Waals surface area contributed by atoms with Crippen molar-refractivity contribution in [3.63, 3.8) is 0 Å². The Kier molecular flexibility index (Phi) is 11.6. The Morgan fingerprint density at radius 1 is 0.947 bits per heavy atom. The van der Waals surface area contributed by atoms with Crippen LogP contribution in [-0.4, -0.2) is 137 Å². The second-order valence-electron chi connectivity index (χ2n) is 10.2. The Hall–Kier alpha value is -1.09. The first-order valence-electron chi connectivity index (χ1n) is 12.9. The lowest BCUT2D eigenvalue weighted by molar-refractivity contribution is -0.314. The van der Waals surface area contributed by atoms with E-state index >= 15 is 0 Å². The fourth-order valence-corrected chi connectivity index (χ4v) is 5.02. The average Bonchev–Trinajstić information content (AvgIpc) is 2.89. The molecule has 3 fully saturated rings. The molecule has 0 aromatic rings. The van der Waals surface area contributed by atoms with Crippen molar-refractivity contribution in [2.75, 3.05) is 19.7 Å². The maximum absolute atomic E-state index is 12.6. The molecule has 16 N–H and O–H groups in total. The van der Waals surface area contributed by atoms with Gasteiger partial charge in [-0.25, -0.2) is 0 Å². The highest BCUT2D eigenvalue weighted by molar-refractivity contribution is 5.80. The number of rotatable bonds is 10. The first-order chi connectivity index (χ1) is 18.0. The number of amides is 1. The van der Waals surface area contributed by atoms with Crippen LogP contribution in [0.1, 0.15) is 25.7 Å². The summed E-state index contributed by atoms with van der Waals surface area (Å²) in [4.78, 5) is 12.6. The Morgan fingerprint density at radius 3 is 2.26 bits per heavy atom. The molecule has 1 saturated carbocycles. The SMILES string of the molecule is NCC[C@H](O)C(=O)NC1C[C@H](N)[C@@H](OC2O[C@H](CN)CC[C@H]2N)[C@@H](O)[C@H]1OC1O[C@H](CO)[C@@H](O)[C@H](N)[C@H]1O. The lowest BCUT2D eigenvalue weighted by Crippen LogP contribution is -2.69. The minimum Gasteiger partial charge on any atom is -0.394 e. The predicted octanol–water partition coefficient (Wildman–Crippen LogP) is -6.40. The first kappa shape index (κ1) is 31.4. The van der Waals surface area contributed by atoms with Gasteiger partial charge >= 0.3 is 0 Å². The number of hydrogen-bond acceptors (Lipinski definition) is 15. The number of aliphatic hydroxyl groups is 5. The summed E-state index contributed by atoms with van der Waals surface area (Å²) < 4.78 is 23.3. The van der Waals surface area contributed by atoms with Crippen molar-refractivity contribution in [2.45, 2.75) is 111 Å². The summed E-state index contributed by atoms with van der Waals surface area (Å²) >= 11 is 0. The Morgan fingerprint density at radius 2 is 1.63 bits per heavy atom. The predicted molar refractivity (Wildman–Crippen MR) is 131 cm³/mol. The molecule has 0 aromatic carbocycles. The van der Waals surface area contributed by atoms with E-state index in [0.717, 1.165) is 0 Å². The van der Waals surface area contributed by atoms with Crippen molar-refractivity contribution in [3.8, 4) is 0 Å². The topological polar surface area (TPSA) is 297 Å². The summed E-state index contributed by atoms with van der Waals surface area (Å²) in [5, 5.41) is 54.4. The molecule has 38 heavy (non-hydrogen) atoms. The summed E-state index contributed by atoms with van der Waals surface area (Å²) in [6, 6.07) is -3.54. The number of nitrogens with two attached hydrogens (primary N) is 5. The molecule has 1 aliphatic carbocycles. The first-order valence-corrected chi connectivity index (χ1v) is 12.9. The zero-order chi connectivity index (χ0) is 28.1. The van der Waals surface area contributed by atoms with Crippen molar-refractivity contribution >= 4 is 5.91 Å². The molecule has 222 valence electrons. The van der Waals surface area contributed by atoms with E-state index in [1.807, 2.05) is 0 Å². The molecule has 0 aromatic heterocycles. The zero-order valence-corrected chi connectivity index (χ0v) is 21.2. The van der Waals surface area contributed by atoms with E-state index < -0.39 is 92.0 Å². The van der Waals surface area contributed by atoms with E-state index in [1.165, 1.54) is 0 Å². The van der Waals surface area contributed by atoms with Gasteiger partial charge in [0.15, 0.2) is 12.6 Å². The van der Waals surface area contributed by atoms with E-state index in [1.54, 1.807) is 0 Å². The summed E-state index contributed by atoms with van der Waals surface area (Å²) in [7, 11) is 0. The van der Waals surface area contributed by atoms with Crippen molar-refractivity contribution in [1.82, 2.24) is 5.32 Å². The van der Waals surface area contributed by atoms with E-state index in [9.17, 15) is 30.3 Å². The maximum Gasteiger partial charge on any atom is 0.249 e. The summed E-state index contributed by atoms with van der Waals surface area (Å²) in [5.74, 6) is -0.762. The van der Waals surface area contributed by atoms with Crippen molar-refractivity contribution in [1.29, 1.82) is 0 Å². The highest BCUT2D eigenvalue weighted by Crippen LogP contribution is 2.31. The minimum atomic E-state index is -1.55. The minimum absolute atomic E-state index is 0.000983. The Bertz CT molecular complexity index is 755. The lowest BCUT2D eigenvalue weighted by Gasteiger charge is -2.48. The van der Waals surface area contributed by atoms with Gasteiger partial charge < -0.3 is 78.5 Å². The second kappa shape index (κ2) is 14.0. The van der Waals surface area contributed by atoms with Crippen LogP contribution < -0.4 is 34.0 Å². The lowest BCUT2D eigenvalue weighted by atomic mass is 9.83. The molecule has 0 bridgehead atoms. The highest BCUT2D eigenvalue weighted by Gasteiger charge is 2.51. The molecule has 0 radical (unpaired) electrons. The standard InChI is InChI=1S/C22H44N6O10/c23-4-3-12(30)20(34)28-11-5-10(26)18(37-21-9(25)2-1-8(6-24)35-21)17(33)19(11)38-22-16(32)14(27)15(31)13(7-29)36-22/h8-19,21-22,29-33H,1-7,23-27H2,(H,28,34)/t8-,9+,10-,11?,12-,13+,14-,15+,16+,17+,18+,19-,21?,22?/m0/s1. The molecule has 14 atom stereocenters. The van der Waals surface area contributed by atoms with Gasteiger partial charge in [-0.2, -0.15) is 0 Å². The molecule has 16 heteroatoms. The summed E-state index contributed by atoms with van der Waals surface area (Å²) in [6.45, 7) is -0.296. The van der Waals surface area contributed by atoms with Crippen LogP contribution in [0.15, 0.2) is 0 Å². The van der Waals surface area contributed by atoms with E-state index in [-0.39, 0.29) is 32.0 Å². The van der Waals surface area contributed by atoms with Crippen LogP contribution >= 0.6 is 0 Å². The van der Waals surface area contributed by atoms with Gasteiger partial charge in [-0.05, 0) is 32.2 Å². The second-order valence-corrected chi connectivity index (χ2v) is 10.2. The number of nitrogens with one attached hydrogen (secondary N) is 1. The van der Waals surface area contributed by atoms with Crippen LogP contribution in [0.5, 0.6) is 0 Å². The third-order valence-corrected chi connectivity index (χ3v) is 7.37. The quantitative estimate of drug-likeness (QED) is 0.120. The molecule has 3 unspecified atom stereocenters. The van der Waals surface area contributed by atoms with Gasteiger partial charge in [-0.15, -0.1) is 0 Å². The molecule has 1 amide bonds. The fourth-order valence-electron chi connectivity index (χ4n) is 5.02. The third-order valence-electron chi connectivity index (χ3n) is 7.37. The largest absolute Gasteiger partial charge is 0.394 e. The summed E-state index contributed by atoms with van der Waals surface area (Å²) in [6.07, 6.45) is -10.8. The van der Waals surface area contributed by atoms with E-state index in [2.05, 4.69) is 5.32 Å². The number of aliphatic hydroxyl groups excluding tert-OH is 5. The van der Waals surface area contributed by atoms with Crippen LogP contribution in [0.25, 0.3) is 0 Å². The molecule has 0 spiro atoms. The van der Waals surface area contributed by atoms with Crippen molar-refractivity contribution < 1.29 is 49.3 Å². The number of ether oxygens (including phenoxy) is 4. The van der Waals surface area contributed by atoms with Crippen LogP contribution in [0.3, 0.4) is 0 Å². The van der Waals surface area contributed by atoms with Gasteiger partial charge in [0.2, 0.25) is 5.91 Å².